The van der Waals surface area contributed by atoms with Crippen molar-refractivity contribution >= 4 is 63.2 Å². The van der Waals surface area contributed by atoms with E-state index in [4.69, 9.17) is 81.8 Å². The molecule has 2 aromatic carbocycles. The summed E-state index contributed by atoms with van der Waals surface area (Å²) in [6, 6.07) is 8.39. The number of nitrogens with zero attached hydrogens (tertiary/aromatic N) is 3. The lowest BCUT2D eigenvalue weighted by Crippen LogP contribution is -2.56. The predicted molar refractivity (Wildman–Crippen MR) is 371 cm³/mol. The number of esters is 1. The Hall–Kier alpha value is -6.45. The minimum atomic E-state index is -1.65. The third-order valence-electron chi connectivity index (χ3n) is 15.8. The molecule has 5 rings (SSSR count). The maximum atomic E-state index is 13.7. The monoisotopic (exact) mass is 1450 g/mol. The minimum absolute atomic E-state index is 0.0269. The van der Waals surface area contributed by atoms with Crippen LogP contribution in [0.3, 0.4) is 0 Å². The maximum absolute atomic E-state index is 13.7. The van der Waals surface area contributed by atoms with E-state index in [9.17, 15) is 49.5 Å². The second kappa shape index (κ2) is 51.7. The molecule has 2 aromatic heterocycles. The highest BCUT2D eigenvalue weighted by Gasteiger charge is 2.44. The molecule has 7 atom stereocenters. The molecule has 1 saturated carbocycles. The summed E-state index contributed by atoms with van der Waals surface area (Å²) in [6.45, 7) is 13.5. The second-order valence-corrected chi connectivity index (χ2v) is 23.8. The SMILES string of the molecule is CCCCc1nc2c(NC(=O)OCc3ccc(O[C@H]4C[C@H](CO)[C@@H](O)C(O)C4O)c(NC(=O)CCNC(=O)[C@@H](N)CCCCNC(=O)CCOCCOCCOCCOCCOCCOCCOCCOCCOCCOCCOCCOC)c3)nc3cc(C(=O)OC)ccc3c2n1CC(C)O. The number of carbonyl (C=O) groups excluding carboxylic acids is 5. The highest BCUT2D eigenvalue weighted by molar-refractivity contribution is 6.10. The van der Waals surface area contributed by atoms with Crippen LogP contribution in [0.25, 0.3) is 21.9 Å². The van der Waals surface area contributed by atoms with Crippen LogP contribution < -0.4 is 31.7 Å². The van der Waals surface area contributed by atoms with E-state index < -0.39 is 73.0 Å². The molecule has 0 radical (unpaired) electrons. The Labute approximate surface area is 595 Å². The molecule has 576 valence electrons. The van der Waals surface area contributed by atoms with Gasteiger partial charge in [-0.3, -0.25) is 19.7 Å². The summed E-state index contributed by atoms with van der Waals surface area (Å²) in [5, 5.41) is 64.0. The number of nitrogens with two attached hydrogens (primary N) is 1. The Kier molecular flexibility index (Phi) is 43.7. The number of methoxy groups -OCH3 is 2. The number of ether oxygens (including phenoxy) is 15. The van der Waals surface area contributed by atoms with Crippen LogP contribution in [0.5, 0.6) is 5.75 Å². The van der Waals surface area contributed by atoms with Gasteiger partial charge in [-0.05, 0) is 74.9 Å². The van der Waals surface area contributed by atoms with Crippen molar-refractivity contribution in [2.75, 3.05) is 197 Å². The van der Waals surface area contributed by atoms with E-state index >= 15 is 0 Å². The average molecular weight is 1450 g/mol. The molecule has 0 saturated heterocycles. The molecule has 1 fully saturated rings. The summed E-state index contributed by atoms with van der Waals surface area (Å²) in [4.78, 5) is 74.6. The van der Waals surface area contributed by atoms with Crippen LogP contribution in [-0.2, 0) is 100 Å². The van der Waals surface area contributed by atoms with E-state index in [0.717, 1.165) is 12.8 Å². The van der Waals surface area contributed by atoms with Gasteiger partial charge in [-0.25, -0.2) is 19.6 Å². The van der Waals surface area contributed by atoms with Crippen LogP contribution in [0.1, 0.15) is 87.0 Å². The van der Waals surface area contributed by atoms with Gasteiger partial charge >= 0.3 is 12.1 Å². The van der Waals surface area contributed by atoms with Gasteiger partial charge in [-0.1, -0.05) is 19.4 Å². The van der Waals surface area contributed by atoms with Crippen molar-refractivity contribution in [2.24, 2.45) is 11.7 Å². The normalized spacial score (nSPS) is 16.6. The highest BCUT2D eigenvalue weighted by atomic mass is 16.6. The standard InChI is InChI=1S/C69H110N8O25/c1-5-6-10-58-75-61-62(77(58)45-48(2)79)52-13-12-50(68(86)89-4)43-54(52)74-66(61)76-69(87)101-47-49-11-14-56(102-57-44-51(46-78)63(82)65(84)64(57)83)55(42-49)73-60(81)15-18-72-67(85)53(70)9-7-8-17-71-59(80)16-19-90-22-23-92-26-27-94-30-31-96-34-35-98-38-39-100-41-40-99-37-36-97-33-32-95-29-28-93-25-24-91-21-20-88-3/h11-14,42-43,48,51,53,57,63-65,78-79,82-84H,5-10,15-41,44-47,70H2,1-4H3,(H,71,80)(H,72,85)(H,73,81)(H,74,76,87)/t48?,51-,53+,57+,63-,64?,65?/m1/s1. The van der Waals surface area contributed by atoms with Crippen molar-refractivity contribution in [1.29, 1.82) is 0 Å². The number of hydrogen-bond donors (Lipinski definition) is 10. The fourth-order valence-corrected chi connectivity index (χ4v) is 10.3. The third kappa shape index (κ3) is 33.1. The van der Waals surface area contributed by atoms with E-state index in [-0.39, 0.29) is 74.3 Å². The highest BCUT2D eigenvalue weighted by Crippen LogP contribution is 2.35. The number of hydrogen-bond acceptors (Lipinski definition) is 28. The molecule has 0 bridgehead atoms. The van der Waals surface area contributed by atoms with Crippen molar-refractivity contribution in [3.05, 3.63) is 53.3 Å². The average Bonchev–Trinajstić information content (AvgIpc) is 1.56. The summed E-state index contributed by atoms with van der Waals surface area (Å²) >= 11 is 0. The molecular weight excluding hydrogens is 1340 g/mol. The van der Waals surface area contributed by atoms with Gasteiger partial charge in [-0.2, -0.15) is 0 Å². The Bertz CT molecular complexity index is 3020. The van der Waals surface area contributed by atoms with Crippen molar-refractivity contribution in [3.63, 3.8) is 0 Å². The lowest BCUT2D eigenvalue weighted by Gasteiger charge is -2.39. The first-order chi connectivity index (χ1) is 49.6. The molecule has 0 aliphatic heterocycles. The minimum Gasteiger partial charge on any atom is -0.485 e. The van der Waals surface area contributed by atoms with Gasteiger partial charge in [-0.15, -0.1) is 0 Å². The third-order valence-corrected chi connectivity index (χ3v) is 15.8. The Morgan fingerprint density at radius 1 is 0.627 bits per heavy atom. The molecular formula is C69H110N8O25. The summed E-state index contributed by atoms with van der Waals surface area (Å²) in [5.74, 6) is -1.97. The number of aryl methyl sites for hydroxylation is 1. The number of unbranched alkanes of at least 4 members (excludes halogenated alkanes) is 2. The van der Waals surface area contributed by atoms with Gasteiger partial charge in [0.15, 0.2) is 5.82 Å². The fourth-order valence-electron chi connectivity index (χ4n) is 10.3. The van der Waals surface area contributed by atoms with Crippen LogP contribution in [0, 0.1) is 5.92 Å². The van der Waals surface area contributed by atoms with Crippen LogP contribution in [0.15, 0.2) is 36.4 Å². The van der Waals surface area contributed by atoms with Crippen LogP contribution in [-0.4, -0.2) is 292 Å². The first-order valence-electron chi connectivity index (χ1n) is 35.0. The van der Waals surface area contributed by atoms with Gasteiger partial charge in [0.05, 0.1) is 206 Å². The van der Waals surface area contributed by atoms with E-state index in [1.807, 2.05) is 11.5 Å². The Morgan fingerprint density at radius 3 is 1.72 bits per heavy atom. The van der Waals surface area contributed by atoms with Crippen LogP contribution in [0.2, 0.25) is 0 Å². The van der Waals surface area contributed by atoms with Gasteiger partial charge in [0, 0.05) is 57.4 Å². The van der Waals surface area contributed by atoms with Gasteiger partial charge in [0.2, 0.25) is 17.7 Å². The molecule has 4 amide bonds. The number of aromatic nitrogens is 3. The number of amides is 4. The Balaban J connectivity index is 0.905. The molecule has 4 aromatic rings. The molecule has 3 unspecified atom stereocenters. The molecule has 2 heterocycles. The zero-order valence-electron chi connectivity index (χ0n) is 59.5. The summed E-state index contributed by atoms with van der Waals surface area (Å²) in [5.41, 5.74) is 8.05. The van der Waals surface area contributed by atoms with E-state index in [1.54, 1.807) is 26.2 Å². The topological polar surface area (TPSA) is 430 Å². The quantitative estimate of drug-likeness (QED) is 0.0223. The number of anilines is 2. The number of nitrogens with one attached hydrogen (secondary N) is 4. The number of rotatable bonds is 58. The molecule has 1 aliphatic carbocycles. The summed E-state index contributed by atoms with van der Waals surface area (Å²) in [6.07, 6.45) is -3.97. The molecule has 33 nitrogen and oxygen atoms in total. The molecule has 11 N–H and O–H groups in total. The van der Waals surface area contributed by atoms with Crippen molar-refractivity contribution in [3.8, 4) is 5.75 Å². The first-order valence-corrected chi connectivity index (χ1v) is 35.0. The number of carbonyl (C=O) groups is 5. The number of pyridine rings is 1. The van der Waals surface area contributed by atoms with Gasteiger partial charge in [0.1, 0.15) is 42.0 Å². The van der Waals surface area contributed by atoms with E-state index in [2.05, 4.69) is 26.3 Å². The maximum Gasteiger partial charge on any atom is 0.413 e. The van der Waals surface area contributed by atoms with Gasteiger partial charge < -0.3 is 123 Å². The number of fused-ring (bicyclic) bond motifs is 3. The van der Waals surface area contributed by atoms with Crippen molar-refractivity contribution < 1.29 is 121 Å². The molecule has 102 heavy (non-hydrogen) atoms. The predicted octanol–water partition coefficient (Wildman–Crippen LogP) is 1.96. The Morgan fingerprint density at radius 2 is 1.19 bits per heavy atom. The van der Waals surface area contributed by atoms with Gasteiger partial charge in [0.25, 0.3) is 0 Å². The number of aliphatic hydroxyl groups excluding tert-OH is 5. The molecule has 1 aliphatic rings. The largest absolute Gasteiger partial charge is 0.485 e. The summed E-state index contributed by atoms with van der Waals surface area (Å²) in [7, 11) is 2.89. The first kappa shape index (κ1) is 86.2. The van der Waals surface area contributed by atoms with E-state index in [0.29, 0.717) is 211 Å². The number of benzene rings is 2. The number of imidazole rings is 1. The lowest BCUT2D eigenvalue weighted by atomic mass is 9.81. The van der Waals surface area contributed by atoms with Crippen molar-refractivity contribution in [2.45, 2.75) is 121 Å². The van der Waals surface area contributed by atoms with Crippen molar-refractivity contribution in [1.82, 2.24) is 25.2 Å². The fraction of sp³-hybridized carbons (Fsp3) is 0.696. The second-order valence-electron chi connectivity index (χ2n) is 23.8. The molecule has 0 spiro atoms. The lowest BCUT2D eigenvalue weighted by molar-refractivity contribution is -0.156. The number of aliphatic hydroxyl groups is 5. The smallest absolute Gasteiger partial charge is 0.413 e. The molecule has 33 heteroatoms. The summed E-state index contributed by atoms with van der Waals surface area (Å²) < 4.78 is 83.8. The van der Waals surface area contributed by atoms with E-state index in [1.165, 1.54) is 31.4 Å². The zero-order chi connectivity index (χ0) is 73.5. The van der Waals surface area contributed by atoms with Crippen LogP contribution >= 0.6 is 0 Å². The van der Waals surface area contributed by atoms with Crippen LogP contribution in [0.4, 0.5) is 16.3 Å². The zero-order valence-corrected chi connectivity index (χ0v) is 59.5.